The minimum absolute atomic E-state index is 0.192. The van der Waals surface area contributed by atoms with Crippen LogP contribution < -0.4 is 11.1 Å². The Morgan fingerprint density at radius 3 is 2.56 bits per heavy atom. The molecule has 0 bridgehead atoms. The smallest absolute Gasteiger partial charge is 0.248 e. The summed E-state index contributed by atoms with van der Waals surface area (Å²) in [7, 11) is 0. The molecule has 1 aromatic carbocycles. The van der Waals surface area contributed by atoms with Crippen LogP contribution in [0.3, 0.4) is 0 Å². The Balaban J connectivity index is 3.04. The van der Waals surface area contributed by atoms with Crippen molar-refractivity contribution in [1.29, 1.82) is 0 Å². The largest absolute Gasteiger partial charge is 0.382 e. The molecule has 0 aromatic heterocycles. The molecule has 1 rings (SSSR count). The fourth-order valence-electron chi connectivity index (χ4n) is 1.71. The van der Waals surface area contributed by atoms with Crippen LogP contribution in [-0.2, 0) is 0 Å². The monoisotopic (exact) mass is 252 g/mol. The van der Waals surface area contributed by atoms with E-state index in [1.807, 2.05) is 6.92 Å². The summed E-state index contributed by atoms with van der Waals surface area (Å²) >= 11 is 0. The second-order valence-electron chi connectivity index (χ2n) is 4.81. The predicted octanol–water partition coefficient (Wildman–Crippen LogP) is 3.08. The number of primary amides is 1. The average Bonchev–Trinajstić information content (AvgIpc) is 2.33. The van der Waals surface area contributed by atoms with Crippen LogP contribution in [0.25, 0.3) is 0 Å². The predicted molar refractivity (Wildman–Crippen MR) is 72.2 cm³/mol. The molecule has 0 aliphatic carbocycles. The van der Waals surface area contributed by atoms with Gasteiger partial charge in [0.2, 0.25) is 5.91 Å². The molecule has 3 N–H and O–H groups in total. The van der Waals surface area contributed by atoms with Crippen molar-refractivity contribution in [3.05, 3.63) is 29.1 Å². The molecule has 1 aromatic rings. The lowest BCUT2D eigenvalue weighted by atomic mass is 9.99. The summed E-state index contributed by atoms with van der Waals surface area (Å²) in [5.41, 5.74) is 6.52. The zero-order valence-corrected chi connectivity index (χ0v) is 11.4. The summed E-state index contributed by atoms with van der Waals surface area (Å²) in [6.45, 7) is 7.96. The second kappa shape index (κ2) is 5.85. The minimum atomic E-state index is -0.617. The number of amides is 1. The van der Waals surface area contributed by atoms with Crippen molar-refractivity contribution in [2.45, 2.75) is 40.2 Å². The lowest BCUT2D eigenvalue weighted by molar-refractivity contribution is 0.1000. The van der Waals surface area contributed by atoms with Crippen LogP contribution in [0.2, 0.25) is 0 Å². The van der Waals surface area contributed by atoms with Gasteiger partial charge in [-0.1, -0.05) is 20.3 Å². The number of anilines is 1. The number of nitrogens with one attached hydrogen (secondary N) is 1. The van der Waals surface area contributed by atoms with Crippen molar-refractivity contribution >= 4 is 11.6 Å². The standard InChI is InChI=1S/C14H21FN2O/c1-5-8(2)10(4)17-13-7-11(14(16)18)6-12(15)9(13)3/h6-8,10,17H,5H2,1-4H3,(H2,16,18). The maximum atomic E-state index is 13.7. The Kier molecular flexibility index (Phi) is 4.70. The van der Waals surface area contributed by atoms with Crippen LogP contribution >= 0.6 is 0 Å². The van der Waals surface area contributed by atoms with Gasteiger partial charge in [0.25, 0.3) is 0 Å². The summed E-state index contributed by atoms with van der Waals surface area (Å²) in [5, 5.41) is 3.25. The molecule has 1 amide bonds. The molecule has 0 aliphatic rings. The zero-order valence-electron chi connectivity index (χ0n) is 11.4. The van der Waals surface area contributed by atoms with E-state index in [0.717, 1.165) is 6.42 Å². The van der Waals surface area contributed by atoms with Gasteiger partial charge >= 0.3 is 0 Å². The highest BCUT2D eigenvalue weighted by molar-refractivity contribution is 5.94. The van der Waals surface area contributed by atoms with E-state index in [9.17, 15) is 9.18 Å². The van der Waals surface area contributed by atoms with E-state index < -0.39 is 11.7 Å². The molecule has 0 saturated heterocycles. The number of hydrogen-bond donors (Lipinski definition) is 2. The summed E-state index contributed by atoms with van der Waals surface area (Å²) in [6.07, 6.45) is 1.03. The lowest BCUT2D eigenvalue weighted by Gasteiger charge is -2.22. The maximum absolute atomic E-state index is 13.7. The molecule has 0 saturated carbocycles. The number of rotatable bonds is 5. The topological polar surface area (TPSA) is 55.1 Å². The zero-order chi connectivity index (χ0) is 13.9. The molecule has 3 nitrogen and oxygen atoms in total. The van der Waals surface area contributed by atoms with E-state index in [2.05, 4.69) is 19.2 Å². The van der Waals surface area contributed by atoms with Crippen molar-refractivity contribution in [3.63, 3.8) is 0 Å². The number of hydrogen-bond acceptors (Lipinski definition) is 2. The van der Waals surface area contributed by atoms with E-state index in [0.29, 0.717) is 17.2 Å². The molecule has 0 fully saturated rings. The van der Waals surface area contributed by atoms with Crippen molar-refractivity contribution in [2.75, 3.05) is 5.32 Å². The van der Waals surface area contributed by atoms with Gasteiger partial charge in [-0.3, -0.25) is 4.79 Å². The van der Waals surface area contributed by atoms with Gasteiger partial charge in [0.15, 0.2) is 0 Å². The van der Waals surface area contributed by atoms with Gasteiger partial charge in [-0.05, 0) is 31.9 Å². The summed E-state index contributed by atoms with van der Waals surface area (Å²) in [5.74, 6) is -0.567. The van der Waals surface area contributed by atoms with Gasteiger partial charge in [-0.15, -0.1) is 0 Å². The second-order valence-corrected chi connectivity index (χ2v) is 4.81. The first kappa shape index (κ1) is 14.5. The fraction of sp³-hybridized carbons (Fsp3) is 0.500. The molecular weight excluding hydrogens is 231 g/mol. The molecule has 4 heteroatoms. The molecule has 0 heterocycles. The lowest BCUT2D eigenvalue weighted by Crippen LogP contribution is -2.24. The fourth-order valence-corrected chi connectivity index (χ4v) is 1.71. The molecule has 18 heavy (non-hydrogen) atoms. The van der Waals surface area contributed by atoms with Crippen molar-refractivity contribution in [2.24, 2.45) is 11.7 Å². The highest BCUT2D eigenvalue weighted by Gasteiger charge is 2.14. The third-order valence-corrected chi connectivity index (χ3v) is 3.51. The highest BCUT2D eigenvalue weighted by Crippen LogP contribution is 2.23. The highest BCUT2D eigenvalue weighted by atomic mass is 19.1. The molecule has 0 aliphatic heterocycles. The Morgan fingerprint density at radius 1 is 1.44 bits per heavy atom. The number of carbonyl (C=O) groups is 1. The molecular formula is C14H21FN2O. The Labute approximate surface area is 108 Å². The quantitative estimate of drug-likeness (QED) is 0.846. The van der Waals surface area contributed by atoms with Gasteiger partial charge < -0.3 is 11.1 Å². The normalized spacial score (nSPS) is 14.1. The molecule has 2 atom stereocenters. The third kappa shape index (κ3) is 3.22. The van der Waals surface area contributed by atoms with E-state index in [-0.39, 0.29) is 11.6 Å². The van der Waals surface area contributed by atoms with E-state index in [4.69, 9.17) is 5.73 Å². The first-order chi connectivity index (χ1) is 8.36. The van der Waals surface area contributed by atoms with E-state index in [1.54, 1.807) is 13.0 Å². The van der Waals surface area contributed by atoms with Gasteiger partial charge in [0.05, 0.1) is 0 Å². The van der Waals surface area contributed by atoms with Crippen LogP contribution in [0.1, 0.15) is 43.1 Å². The van der Waals surface area contributed by atoms with Crippen LogP contribution in [0.4, 0.5) is 10.1 Å². The Morgan fingerprint density at radius 2 is 2.06 bits per heavy atom. The Hall–Kier alpha value is -1.58. The molecule has 2 unspecified atom stereocenters. The van der Waals surface area contributed by atoms with Gasteiger partial charge in [0, 0.05) is 22.9 Å². The SMILES string of the molecule is CCC(C)C(C)Nc1cc(C(N)=O)cc(F)c1C. The van der Waals surface area contributed by atoms with Crippen LogP contribution in [0, 0.1) is 18.7 Å². The minimum Gasteiger partial charge on any atom is -0.382 e. The van der Waals surface area contributed by atoms with E-state index >= 15 is 0 Å². The van der Waals surface area contributed by atoms with E-state index in [1.165, 1.54) is 6.07 Å². The first-order valence-corrected chi connectivity index (χ1v) is 6.23. The van der Waals surface area contributed by atoms with Crippen LogP contribution in [0.5, 0.6) is 0 Å². The van der Waals surface area contributed by atoms with Crippen molar-refractivity contribution in [1.82, 2.24) is 0 Å². The maximum Gasteiger partial charge on any atom is 0.248 e. The summed E-state index contributed by atoms with van der Waals surface area (Å²) in [4.78, 5) is 11.1. The van der Waals surface area contributed by atoms with Crippen LogP contribution in [-0.4, -0.2) is 11.9 Å². The Bertz CT molecular complexity index is 446. The van der Waals surface area contributed by atoms with Crippen LogP contribution in [0.15, 0.2) is 12.1 Å². The van der Waals surface area contributed by atoms with Gasteiger partial charge in [0.1, 0.15) is 5.82 Å². The van der Waals surface area contributed by atoms with Gasteiger partial charge in [-0.25, -0.2) is 4.39 Å². The number of carbonyl (C=O) groups excluding carboxylic acids is 1. The molecule has 0 spiro atoms. The average molecular weight is 252 g/mol. The first-order valence-electron chi connectivity index (χ1n) is 6.23. The van der Waals surface area contributed by atoms with Gasteiger partial charge in [-0.2, -0.15) is 0 Å². The number of nitrogens with two attached hydrogens (primary N) is 1. The third-order valence-electron chi connectivity index (χ3n) is 3.51. The molecule has 100 valence electrons. The number of benzene rings is 1. The van der Waals surface area contributed by atoms with Crippen molar-refractivity contribution in [3.8, 4) is 0 Å². The summed E-state index contributed by atoms with van der Waals surface area (Å²) in [6, 6.07) is 2.99. The van der Waals surface area contributed by atoms with Crippen molar-refractivity contribution < 1.29 is 9.18 Å². The number of halogens is 1. The molecule has 0 radical (unpaired) electrons. The summed E-state index contributed by atoms with van der Waals surface area (Å²) < 4.78 is 13.7.